The number of fused-ring (bicyclic) bond motifs is 1. The molecule has 35 heavy (non-hydrogen) atoms. The van der Waals surface area contributed by atoms with E-state index in [0.29, 0.717) is 20.4 Å². The first-order valence-corrected chi connectivity index (χ1v) is 11.4. The largest absolute Gasteiger partial charge is 0.493 e. The van der Waals surface area contributed by atoms with E-state index in [1.165, 1.54) is 44.8 Å². The molecule has 0 amide bonds. The highest BCUT2D eigenvalue weighted by atomic mass is 79.9. The molecule has 1 aromatic heterocycles. The first-order valence-electron chi connectivity index (χ1n) is 10.3. The van der Waals surface area contributed by atoms with Gasteiger partial charge in [0.25, 0.3) is 0 Å². The van der Waals surface area contributed by atoms with Crippen LogP contribution in [0.15, 0.2) is 35.1 Å². The zero-order valence-corrected chi connectivity index (χ0v) is 21.0. The highest BCUT2D eigenvalue weighted by molar-refractivity contribution is 9.10. The summed E-state index contributed by atoms with van der Waals surface area (Å²) in [5.74, 6) is -0.00579. The average molecular weight is 577 g/mol. The van der Waals surface area contributed by atoms with Gasteiger partial charge in [0.05, 0.1) is 36.6 Å². The van der Waals surface area contributed by atoms with E-state index in [1.54, 1.807) is 0 Å². The van der Waals surface area contributed by atoms with Gasteiger partial charge in [0.2, 0.25) is 0 Å². The third kappa shape index (κ3) is 6.09. The molecule has 0 aliphatic rings. The fourth-order valence-electron chi connectivity index (χ4n) is 3.30. The number of methoxy groups -OCH3 is 2. The Morgan fingerprint density at radius 3 is 2.34 bits per heavy atom. The Morgan fingerprint density at radius 1 is 1.03 bits per heavy atom. The van der Waals surface area contributed by atoms with Gasteiger partial charge in [-0.25, -0.2) is 14.4 Å². The number of aliphatic hydroxyl groups excluding tert-OH is 4. The van der Waals surface area contributed by atoms with Crippen LogP contribution in [-0.2, 0) is 4.74 Å². The number of ether oxygens (including phenoxy) is 3. The van der Waals surface area contributed by atoms with Crippen LogP contribution in [0.2, 0.25) is 5.02 Å². The standard InChI is InChI=1S/C22H24BrClFN3O7/c1-33-16-3-10-14(6-17(16)35-19(8-30)21(32)20(31)18(7-29)34-2)26-9-27-22(10)28-15-5-12(24)11(23)4-13(15)25/h3-6,9,18-21,29-32H,7-8H2,1-2H3,(H,26,27,28)/t18-,19-,20+,21+/m0/s1. The number of halogens is 3. The summed E-state index contributed by atoms with van der Waals surface area (Å²) in [6, 6.07) is 5.64. The summed E-state index contributed by atoms with van der Waals surface area (Å²) in [6.07, 6.45) is -4.27. The number of aliphatic hydroxyl groups is 4. The maximum absolute atomic E-state index is 14.4. The van der Waals surface area contributed by atoms with Gasteiger partial charge in [-0.05, 0) is 34.1 Å². The van der Waals surface area contributed by atoms with E-state index in [-0.39, 0.29) is 23.0 Å². The minimum Gasteiger partial charge on any atom is -0.493 e. The van der Waals surface area contributed by atoms with Crippen LogP contribution >= 0.6 is 27.5 Å². The van der Waals surface area contributed by atoms with Crippen LogP contribution in [0.3, 0.4) is 0 Å². The van der Waals surface area contributed by atoms with E-state index in [0.717, 1.165) is 0 Å². The van der Waals surface area contributed by atoms with Gasteiger partial charge in [-0.1, -0.05) is 11.6 Å². The zero-order valence-electron chi connectivity index (χ0n) is 18.7. The summed E-state index contributed by atoms with van der Waals surface area (Å²) in [5, 5.41) is 43.4. The molecule has 0 saturated heterocycles. The SMILES string of the molecule is COc1cc2c(Nc3cc(Cl)c(Br)cc3F)ncnc2cc1O[C@@H](CO)[C@@H](O)[C@H](O)[C@H](CO)OC. The molecule has 0 radical (unpaired) electrons. The van der Waals surface area contributed by atoms with E-state index in [4.69, 9.17) is 25.8 Å². The van der Waals surface area contributed by atoms with Gasteiger partial charge in [-0.15, -0.1) is 0 Å². The maximum atomic E-state index is 14.4. The lowest BCUT2D eigenvalue weighted by Crippen LogP contribution is -2.49. The van der Waals surface area contributed by atoms with Gasteiger partial charge in [-0.3, -0.25) is 0 Å². The number of nitrogens with zero attached hydrogens (tertiary/aromatic N) is 2. The maximum Gasteiger partial charge on any atom is 0.164 e. The van der Waals surface area contributed by atoms with Crippen LogP contribution in [0, 0.1) is 5.82 Å². The smallest absolute Gasteiger partial charge is 0.164 e. The van der Waals surface area contributed by atoms with Crippen LogP contribution < -0.4 is 14.8 Å². The lowest BCUT2D eigenvalue weighted by atomic mass is 10.0. The van der Waals surface area contributed by atoms with Crippen molar-refractivity contribution < 1.29 is 39.0 Å². The number of anilines is 2. The highest BCUT2D eigenvalue weighted by Gasteiger charge is 2.34. The zero-order chi connectivity index (χ0) is 25.7. The number of benzene rings is 2. The van der Waals surface area contributed by atoms with Crippen molar-refractivity contribution >= 4 is 49.9 Å². The Labute approximate surface area is 213 Å². The molecular formula is C22H24BrClFN3O7. The molecule has 0 unspecified atom stereocenters. The Hall–Kier alpha value is -2.32. The molecular weight excluding hydrogens is 553 g/mol. The molecule has 1 heterocycles. The number of aromatic nitrogens is 2. The molecule has 13 heteroatoms. The third-order valence-electron chi connectivity index (χ3n) is 5.24. The van der Waals surface area contributed by atoms with Gasteiger partial charge in [0, 0.05) is 23.0 Å². The fourth-order valence-corrected chi connectivity index (χ4v) is 3.78. The normalized spacial score (nSPS) is 14.9. The molecule has 0 aliphatic carbocycles. The van der Waals surface area contributed by atoms with E-state index in [2.05, 4.69) is 31.2 Å². The van der Waals surface area contributed by atoms with Gasteiger partial charge in [-0.2, -0.15) is 0 Å². The molecule has 4 atom stereocenters. The van der Waals surface area contributed by atoms with Crippen LogP contribution in [-0.4, -0.2) is 82.2 Å². The summed E-state index contributed by atoms with van der Waals surface area (Å²) in [5.41, 5.74) is 0.463. The van der Waals surface area contributed by atoms with Crippen LogP contribution in [0.25, 0.3) is 10.9 Å². The topological polar surface area (TPSA) is 146 Å². The Balaban J connectivity index is 1.95. The van der Waals surface area contributed by atoms with Crippen LogP contribution in [0.1, 0.15) is 0 Å². The summed E-state index contributed by atoms with van der Waals surface area (Å²) in [7, 11) is 2.64. The summed E-state index contributed by atoms with van der Waals surface area (Å²) in [6.45, 7) is -1.22. The second-order valence-electron chi connectivity index (χ2n) is 7.39. The molecule has 190 valence electrons. The predicted molar refractivity (Wildman–Crippen MR) is 130 cm³/mol. The van der Waals surface area contributed by atoms with Crippen LogP contribution in [0.4, 0.5) is 15.9 Å². The van der Waals surface area contributed by atoms with Crippen molar-refractivity contribution in [2.24, 2.45) is 0 Å². The predicted octanol–water partition coefficient (Wildman–Crippen LogP) is 2.41. The molecule has 0 saturated carbocycles. The number of hydrogen-bond acceptors (Lipinski definition) is 10. The van der Waals surface area contributed by atoms with Crippen molar-refractivity contribution in [2.75, 3.05) is 32.8 Å². The van der Waals surface area contributed by atoms with E-state index in [9.17, 15) is 24.8 Å². The molecule has 0 aliphatic heterocycles. The molecule has 5 N–H and O–H groups in total. The number of hydrogen-bond donors (Lipinski definition) is 5. The minimum absolute atomic E-state index is 0.0894. The lowest BCUT2D eigenvalue weighted by molar-refractivity contribution is -0.127. The first kappa shape index (κ1) is 27.3. The minimum atomic E-state index is -1.61. The highest BCUT2D eigenvalue weighted by Crippen LogP contribution is 2.37. The monoisotopic (exact) mass is 575 g/mol. The Morgan fingerprint density at radius 2 is 1.71 bits per heavy atom. The van der Waals surface area contributed by atoms with Crippen molar-refractivity contribution in [3.05, 3.63) is 45.9 Å². The molecule has 0 fully saturated rings. The summed E-state index contributed by atoms with van der Waals surface area (Å²) < 4.78 is 30.9. The molecule has 0 spiro atoms. The Bertz CT molecular complexity index is 1170. The lowest BCUT2D eigenvalue weighted by Gasteiger charge is -2.30. The van der Waals surface area contributed by atoms with Gasteiger partial charge >= 0.3 is 0 Å². The van der Waals surface area contributed by atoms with Crippen molar-refractivity contribution in [2.45, 2.75) is 24.4 Å². The first-order chi connectivity index (χ1) is 16.7. The number of rotatable bonds is 11. The molecule has 0 bridgehead atoms. The van der Waals surface area contributed by atoms with Gasteiger partial charge in [0.15, 0.2) is 17.6 Å². The fraction of sp³-hybridized carbons (Fsp3) is 0.364. The number of nitrogens with one attached hydrogen (secondary N) is 1. The quantitative estimate of drug-likeness (QED) is 0.216. The van der Waals surface area contributed by atoms with Gasteiger partial charge in [0.1, 0.15) is 36.3 Å². The second kappa shape index (κ2) is 12.1. The van der Waals surface area contributed by atoms with Crippen molar-refractivity contribution in [1.29, 1.82) is 0 Å². The van der Waals surface area contributed by atoms with Crippen molar-refractivity contribution in [1.82, 2.24) is 9.97 Å². The van der Waals surface area contributed by atoms with Crippen molar-refractivity contribution in [3.63, 3.8) is 0 Å². The molecule has 2 aromatic carbocycles. The van der Waals surface area contributed by atoms with E-state index >= 15 is 0 Å². The average Bonchev–Trinajstić information content (AvgIpc) is 2.85. The van der Waals surface area contributed by atoms with E-state index in [1.807, 2.05) is 0 Å². The van der Waals surface area contributed by atoms with Gasteiger partial charge < -0.3 is 40.0 Å². The second-order valence-corrected chi connectivity index (χ2v) is 8.65. The van der Waals surface area contributed by atoms with Crippen molar-refractivity contribution in [3.8, 4) is 11.5 Å². The van der Waals surface area contributed by atoms with Crippen LogP contribution in [0.5, 0.6) is 11.5 Å². The van der Waals surface area contributed by atoms with E-state index < -0.39 is 43.4 Å². The summed E-state index contributed by atoms with van der Waals surface area (Å²) in [4.78, 5) is 8.38. The molecule has 3 aromatic rings. The molecule has 10 nitrogen and oxygen atoms in total. The third-order valence-corrected chi connectivity index (χ3v) is 6.43. The summed E-state index contributed by atoms with van der Waals surface area (Å²) >= 11 is 9.25. The Kier molecular flexibility index (Phi) is 9.41. The molecule has 3 rings (SSSR count).